The van der Waals surface area contributed by atoms with Crippen LogP contribution in [-0.4, -0.2) is 19.3 Å². The molecule has 138 valence electrons. The summed E-state index contributed by atoms with van der Waals surface area (Å²) < 4.78 is 3.45. The van der Waals surface area contributed by atoms with Crippen molar-refractivity contribution in [3.63, 3.8) is 0 Å². The molecule has 4 aromatic rings. The summed E-state index contributed by atoms with van der Waals surface area (Å²) in [5.74, 6) is 0. The molecule has 0 aliphatic rings. The molecule has 0 atom stereocenters. The van der Waals surface area contributed by atoms with Gasteiger partial charge >= 0.3 is 0 Å². The molecule has 0 saturated carbocycles. The number of benzene rings is 1. The van der Waals surface area contributed by atoms with Gasteiger partial charge in [-0.25, -0.2) is 0 Å². The Labute approximate surface area is 170 Å². The largest absolute Gasteiger partial charge is 0.309 e. The Bertz CT molecular complexity index is 1320. The Kier molecular flexibility index (Phi) is 4.42. The molecule has 28 heavy (non-hydrogen) atoms. The summed E-state index contributed by atoms with van der Waals surface area (Å²) in [6, 6.07) is 6.66. The van der Waals surface area contributed by atoms with Gasteiger partial charge in [0.25, 0.3) is 0 Å². The molecule has 0 radical (unpaired) electrons. The third-order valence-electron chi connectivity index (χ3n) is 4.49. The van der Waals surface area contributed by atoms with Gasteiger partial charge in [-0.05, 0) is 19.1 Å². The summed E-state index contributed by atoms with van der Waals surface area (Å²) in [4.78, 5) is 17.2. The number of nitriles is 1. The molecule has 0 fully saturated rings. The van der Waals surface area contributed by atoms with Crippen LogP contribution >= 0.6 is 23.2 Å². The van der Waals surface area contributed by atoms with Crippen LogP contribution in [0.2, 0.25) is 10.0 Å². The van der Waals surface area contributed by atoms with E-state index >= 15 is 0 Å². The van der Waals surface area contributed by atoms with E-state index in [-0.39, 0.29) is 5.43 Å². The molecular formula is C20H13Cl2N5O. The molecule has 3 heterocycles. The van der Waals surface area contributed by atoms with Crippen LogP contribution in [0.25, 0.3) is 27.7 Å². The molecule has 0 unspecified atom stereocenters. The number of aryl methyl sites for hydroxylation is 2. The van der Waals surface area contributed by atoms with Crippen molar-refractivity contribution in [1.82, 2.24) is 19.3 Å². The van der Waals surface area contributed by atoms with Crippen molar-refractivity contribution >= 4 is 34.1 Å². The SMILES string of the molecule is Cc1cc(=O)c2c(-c3cnn(C)c3)cncc2n1-c1c(Cl)cc(C#N)cc1Cl. The highest BCUT2D eigenvalue weighted by molar-refractivity contribution is 6.38. The predicted molar refractivity (Wildman–Crippen MR) is 109 cm³/mol. The van der Waals surface area contributed by atoms with Crippen molar-refractivity contribution in [2.75, 3.05) is 0 Å². The lowest BCUT2D eigenvalue weighted by atomic mass is 10.0. The molecular weight excluding hydrogens is 397 g/mol. The van der Waals surface area contributed by atoms with E-state index in [2.05, 4.69) is 10.1 Å². The number of aromatic nitrogens is 4. The van der Waals surface area contributed by atoms with E-state index in [1.807, 2.05) is 12.3 Å². The van der Waals surface area contributed by atoms with Gasteiger partial charge in [0, 0.05) is 42.3 Å². The molecule has 0 amide bonds. The summed E-state index contributed by atoms with van der Waals surface area (Å²) in [5.41, 5.74) is 3.39. The van der Waals surface area contributed by atoms with Crippen molar-refractivity contribution in [3.8, 4) is 22.9 Å². The first-order valence-corrected chi connectivity index (χ1v) is 9.05. The van der Waals surface area contributed by atoms with Gasteiger partial charge in [-0.1, -0.05) is 23.2 Å². The van der Waals surface area contributed by atoms with Crippen LogP contribution in [-0.2, 0) is 7.05 Å². The van der Waals surface area contributed by atoms with Gasteiger partial charge in [0.15, 0.2) is 5.43 Å². The number of halogens is 2. The fraction of sp³-hybridized carbons (Fsp3) is 0.100. The lowest BCUT2D eigenvalue weighted by Gasteiger charge is -2.18. The maximum atomic E-state index is 12.9. The van der Waals surface area contributed by atoms with Crippen LogP contribution in [0.1, 0.15) is 11.3 Å². The standard InChI is InChI=1S/C20H13Cl2N5O/c1-11-3-18(28)19-14(13-7-25-26(2)10-13)8-24-9-17(19)27(11)20-15(21)4-12(6-23)5-16(20)22/h3-5,7-10H,1-2H3. The van der Waals surface area contributed by atoms with E-state index in [1.165, 1.54) is 6.07 Å². The molecule has 0 spiro atoms. The lowest BCUT2D eigenvalue weighted by molar-refractivity contribution is 0.768. The zero-order valence-corrected chi connectivity index (χ0v) is 16.5. The maximum Gasteiger partial charge on any atom is 0.190 e. The van der Waals surface area contributed by atoms with Gasteiger partial charge in [0.2, 0.25) is 0 Å². The van der Waals surface area contributed by atoms with E-state index in [0.717, 1.165) is 5.56 Å². The van der Waals surface area contributed by atoms with Crippen LogP contribution in [0.5, 0.6) is 0 Å². The molecule has 0 N–H and O–H groups in total. The van der Waals surface area contributed by atoms with Crippen molar-refractivity contribution in [2.24, 2.45) is 7.05 Å². The van der Waals surface area contributed by atoms with Crippen molar-refractivity contribution in [2.45, 2.75) is 6.92 Å². The quantitative estimate of drug-likeness (QED) is 0.495. The predicted octanol–water partition coefficient (Wildman–Crippen LogP) is 4.27. The second-order valence-electron chi connectivity index (χ2n) is 6.37. The van der Waals surface area contributed by atoms with E-state index in [1.54, 1.807) is 53.9 Å². The van der Waals surface area contributed by atoms with Crippen molar-refractivity contribution in [1.29, 1.82) is 5.26 Å². The Morgan fingerprint density at radius 2 is 1.82 bits per heavy atom. The third-order valence-corrected chi connectivity index (χ3v) is 5.07. The monoisotopic (exact) mass is 409 g/mol. The zero-order chi connectivity index (χ0) is 20.0. The molecule has 0 aliphatic carbocycles. The van der Waals surface area contributed by atoms with Gasteiger partial charge in [-0.2, -0.15) is 10.4 Å². The summed E-state index contributed by atoms with van der Waals surface area (Å²) in [7, 11) is 1.81. The maximum absolute atomic E-state index is 12.9. The molecule has 8 heteroatoms. The highest BCUT2D eigenvalue weighted by Gasteiger charge is 2.18. The number of hydrogen-bond donors (Lipinski definition) is 0. The average molecular weight is 410 g/mol. The Balaban J connectivity index is 2.13. The van der Waals surface area contributed by atoms with Gasteiger partial charge in [-0.15, -0.1) is 0 Å². The molecule has 6 nitrogen and oxygen atoms in total. The number of nitrogens with zero attached hydrogens (tertiary/aromatic N) is 5. The van der Waals surface area contributed by atoms with E-state index < -0.39 is 0 Å². The fourth-order valence-corrected chi connectivity index (χ4v) is 3.97. The topological polar surface area (TPSA) is 76.5 Å². The van der Waals surface area contributed by atoms with Crippen LogP contribution in [0.15, 0.2) is 47.8 Å². The van der Waals surface area contributed by atoms with Gasteiger partial charge in [0.1, 0.15) is 0 Å². The minimum Gasteiger partial charge on any atom is -0.309 e. The van der Waals surface area contributed by atoms with Crippen molar-refractivity contribution in [3.05, 3.63) is 74.5 Å². The Hall–Kier alpha value is -3.14. The van der Waals surface area contributed by atoms with E-state index in [9.17, 15) is 4.79 Å². The van der Waals surface area contributed by atoms with Crippen LogP contribution in [0, 0.1) is 18.3 Å². The summed E-state index contributed by atoms with van der Waals surface area (Å²) >= 11 is 12.9. The third kappa shape index (κ3) is 2.85. The lowest BCUT2D eigenvalue weighted by Crippen LogP contribution is -2.13. The normalized spacial score (nSPS) is 11.0. The summed E-state index contributed by atoms with van der Waals surface area (Å²) in [5, 5.41) is 14.4. The number of pyridine rings is 2. The molecule has 0 bridgehead atoms. The summed E-state index contributed by atoms with van der Waals surface area (Å²) in [6.45, 7) is 1.79. The van der Waals surface area contributed by atoms with E-state index in [0.29, 0.717) is 43.5 Å². The number of fused-ring (bicyclic) bond motifs is 1. The first kappa shape index (κ1) is 18.2. The number of hydrogen-bond acceptors (Lipinski definition) is 4. The van der Waals surface area contributed by atoms with Gasteiger partial charge < -0.3 is 4.57 Å². The second-order valence-corrected chi connectivity index (χ2v) is 7.18. The average Bonchev–Trinajstić information content (AvgIpc) is 3.09. The van der Waals surface area contributed by atoms with Gasteiger partial charge in [-0.3, -0.25) is 14.5 Å². The molecule has 3 aromatic heterocycles. The zero-order valence-electron chi connectivity index (χ0n) is 14.9. The minimum absolute atomic E-state index is 0.133. The smallest absolute Gasteiger partial charge is 0.190 e. The highest BCUT2D eigenvalue weighted by atomic mass is 35.5. The van der Waals surface area contributed by atoms with E-state index in [4.69, 9.17) is 28.5 Å². The first-order chi connectivity index (χ1) is 13.4. The Morgan fingerprint density at radius 1 is 1.11 bits per heavy atom. The van der Waals surface area contributed by atoms with Crippen LogP contribution < -0.4 is 5.43 Å². The minimum atomic E-state index is -0.133. The second kappa shape index (κ2) is 6.79. The molecule has 0 aliphatic heterocycles. The summed E-state index contributed by atoms with van der Waals surface area (Å²) in [6.07, 6.45) is 6.75. The van der Waals surface area contributed by atoms with Crippen LogP contribution in [0.3, 0.4) is 0 Å². The molecule has 4 rings (SSSR count). The Morgan fingerprint density at radius 3 is 2.43 bits per heavy atom. The number of rotatable bonds is 2. The fourth-order valence-electron chi connectivity index (χ4n) is 3.31. The highest BCUT2D eigenvalue weighted by Crippen LogP contribution is 2.34. The molecule has 0 saturated heterocycles. The van der Waals surface area contributed by atoms with Crippen LogP contribution in [0.4, 0.5) is 0 Å². The molecule has 1 aromatic carbocycles. The van der Waals surface area contributed by atoms with Gasteiger partial charge in [0.05, 0.1) is 50.7 Å². The van der Waals surface area contributed by atoms with Crippen molar-refractivity contribution < 1.29 is 0 Å². The first-order valence-electron chi connectivity index (χ1n) is 8.29.